The summed E-state index contributed by atoms with van der Waals surface area (Å²) in [5.74, 6) is 0. The maximum Gasteiger partial charge on any atom is -1.00 e. The molecule has 0 aliphatic carbocycles. The Morgan fingerprint density at radius 3 is 1.29 bits per heavy atom. The Hall–Kier alpha value is 1.30. The van der Waals surface area contributed by atoms with Gasteiger partial charge in [-0.1, -0.05) is 0 Å². The Morgan fingerprint density at radius 1 is 1.00 bits per heavy atom. The van der Waals surface area contributed by atoms with Gasteiger partial charge in [0.2, 0.25) is 0 Å². The third-order valence-electron chi connectivity index (χ3n) is 0.167. The van der Waals surface area contributed by atoms with E-state index >= 15 is 0 Å². The average molecular weight is 252 g/mol. The second-order valence-corrected chi connectivity index (χ2v) is 3.30. The van der Waals surface area contributed by atoms with Crippen LogP contribution in [-0.4, -0.2) is 36.2 Å². The second-order valence-electron chi connectivity index (χ2n) is 0.492. The maximum absolute atomic E-state index is 4.64. The van der Waals surface area contributed by atoms with Crippen LogP contribution in [-0.2, 0) is 6.15 Å². The molecule has 0 amide bonds. The predicted molar refractivity (Wildman–Crippen MR) is 19.8 cm³/mol. The molecule has 5 heteroatoms. The molecule has 7 heavy (non-hydrogen) atoms. The van der Waals surface area contributed by atoms with Crippen LogP contribution < -0.4 is 24.8 Å². The van der Waals surface area contributed by atoms with Crippen molar-refractivity contribution in [3.8, 4) is 0 Å². The zero-order valence-electron chi connectivity index (χ0n) is 4.07. The van der Waals surface area contributed by atoms with Crippen LogP contribution in [0.5, 0.6) is 0 Å². The van der Waals surface area contributed by atoms with Crippen LogP contribution in [0.1, 0.15) is 0 Å². The van der Waals surface area contributed by atoms with Crippen molar-refractivity contribution in [1.29, 1.82) is 0 Å². The van der Waals surface area contributed by atoms with Crippen LogP contribution in [0, 0.1) is 0 Å². The van der Waals surface area contributed by atoms with Crippen LogP contribution in [0.3, 0.4) is 0 Å². The van der Waals surface area contributed by atoms with Gasteiger partial charge in [-0.25, -0.2) is 0 Å². The van der Waals surface area contributed by atoms with Crippen molar-refractivity contribution in [3.05, 3.63) is 0 Å². The van der Waals surface area contributed by atoms with Crippen molar-refractivity contribution in [2.45, 2.75) is 0 Å². The first-order valence-electron chi connectivity index (χ1n) is 1.22. The van der Waals surface area contributed by atoms with E-state index in [2.05, 4.69) is 6.15 Å². The summed E-state index contributed by atoms with van der Waals surface area (Å²) in [6.45, 7) is 0. The molecule has 0 aliphatic rings. The summed E-state index contributed by atoms with van der Waals surface area (Å²) in [5.41, 5.74) is 0. The summed E-state index contributed by atoms with van der Waals surface area (Å²) in [6.07, 6.45) is 0. The minimum Gasteiger partial charge on any atom is -1.00 e. The zero-order valence-corrected chi connectivity index (χ0v) is 8.44. The zero-order chi connectivity index (χ0) is 4.12. The Morgan fingerprint density at radius 2 is 1.29 bits per heavy atom. The molecule has 0 aliphatic heterocycles. The molecule has 0 unspecified atom stereocenters. The van der Waals surface area contributed by atoms with Crippen LogP contribution in [0.15, 0.2) is 0 Å². The van der Waals surface area contributed by atoms with Crippen molar-refractivity contribution in [2.24, 2.45) is 0 Å². The molecule has 0 radical (unpaired) electrons. The standard InChI is InChI=1S/2CH3O.2ClH.Sn/c2*1-2;;;/h2*1H3;2*1H;/q2*-1;;;+4/p-2. The molecule has 44 valence electrons. The van der Waals surface area contributed by atoms with Gasteiger partial charge in [-0.15, -0.1) is 0 Å². The molecule has 0 spiro atoms. The number of halogens is 2. The molecular formula is C2H6Cl2O2Sn. The van der Waals surface area contributed by atoms with E-state index in [1.54, 1.807) is 14.2 Å². The smallest absolute Gasteiger partial charge is 1.00 e. The van der Waals surface area contributed by atoms with Crippen molar-refractivity contribution in [1.82, 2.24) is 0 Å². The third-order valence-corrected chi connectivity index (χ3v) is 1.12. The molecule has 0 atom stereocenters. The van der Waals surface area contributed by atoms with Crippen molar-refractivity contribution < 1.29 is 31.0 Å². The van der Waals surface area contributed by atoms with Crippen LogP contribution in [0.2, 0.25) is 0 Å². The largest absolute Gasteiger partial charge is 1.00 e. The van der Waals surface area contributed by atoms with Crippen LogP contribution in [0.4, 0.5) is 0 Å². The topological polar surface area (TPSA) is 18.5 Å². The Kier molecular flexibility index (Phi) is 35.2. The first-order chi connectivity index (χ1) is 2.41. The maximum atomic E-state index is 4.64. The minimum absolute atomic E-state index is 0. The monoisotopic (exact) mass is 252 g/mol. The van der Waals surface area contributed by atoms with E-state index in [0.717, 1.165) is 0 Å². The molecule has 0 N–H and O–H groups in total. The third kappa shape index (κ3) is 18.8. The molecule has 0 saturated carbocycles. The minimum atomic E-state index is -0.782. The van der Waals surface area contributed by atoms with Gasteiger partial charge in [0, 0.05) is 0 Å². The summed E-state index contributed by atoms with van der Waals surface area (Å²) in [5, 5.41) is 0. The summed E-state index contributed by atoms with van der Waals surface area (Å²) >= 11 is -0.782. The van der Waals surface area contributed by atoms with Gasteiger partial charge in [0.25, 0.3) is 0 Å². The molecule has 0 aromatic rings. The Balaban J connectivity index is -0.0000000800. The van der Waals surface area contributed by atoms with Gasteiger partial charge in [-0.05, 0) is 0 Å². The van der Waals surface area contributed by atoms with Crippen molar-refractivity contribution >= 4 is 22.0 Å². The van der Waals surface area contributed by atoms with E-state index in [-0.39, 0.29) is 24.8 Å². The van der Waals surface area contributed by atoms with Gasteiger partial charge in [-0.3, -0.25) is 0 Å². The van der Waals surface area contributed by atoms with Crippen LogP contribution in [0.25, 0.3) is 0 Å². The fourth-order valence-electron chi connectivity index (χ4n) is 0.0833. The van der Waals surface area contributed by atoms with E-state index in [9.17, 15) is 0 Å². The second kappa shape index (κ2) is 15.7. The molecule has 0 aromatic carbocycles. The molecule has 0 aromatic heterocycles. The normalized spacial score (nSPS) is 4.86. The van der Waals surface area contributed by atoms with E-state index in [4.69, 9.17) is 0 Å². The van der Waals surface area contributed by atoms with E-state index < -0.39 is 22.0 Å². The Bertz CT molecular complexity index is 21.2. The number of hydrogen-bond donors (Lipinski definition) is 0. The number of rotatable bonds is 2. The van der Waals surface area contributed by atoms with Gasteiger partial charge in [0.15, 0.2) is 0 Å². The van der Waals surface area contributed by atoms with Crippen molar-refractivity contribution in [2.75, 3.05) is 14.2 Å². The predicted octanol–water partition coefficient (Wildman–Crippen LogP) is -6.18. The molecular weight excluding hydrogens is 246 g/mol. The van der Waals surface area contributed by atoms with Crippen molar-refractivity contribution in [3.63, 3.8) is 0 Å². The molecule has 0 bridgehead atoms. The fourth-order valence-corrected chi connectivity index (χ4v) is 0.559. The van der Waals surface area contributed by atoms with Gasteiger partial charge in [0.05, 0.1) is 0 Å². The summed E-state index contributed by atoms with van der Waals surface area (Å²) in [6, 6.07) is 0. The Labute approximate surface area is 67.1 Å². The molecule has 0 heterocycles. The van der Waals surface area contributed by atoms with Gasteiger partial charge < -0.3 is 24.8 Å². The summed E-state index contributed by atoms with van der Waals surface area (Å²) in [7, 11) is 3.32. The van der Waals surface area contributed by atoms with E-state index in [0.29, 0.717) is 0 Å². The first-order valence-corrected chi connectivity index (χ1v) is 3.56. The SMILES string of the molecule is C[O][Sn+2][O]C.[Cl-].[Cl-]. The van der Waals surface area contributed by atoms with Gasteiger partial charge in [-0.2, -0.15) is 0 Å². The molecule has 0 saturated heterocycles. The van der Waals surface area contributed by atoms with E-state index in [1.165, 1.54) is 0 Å². The summed E-state index contributed by atoms with van der Waals surface area (Å²) in [4.78, 5) is 0. The fraction of sp³-hybridized carbons (Fsp3) is 1.00. The van der Waals surface area contributed by atoms with Crippen LogP contribution >= 0.6 is 0 Å². The summed E-state index contributed by atoms with van der Waals surface area (Å²) < 4.78 is 9.28. The van der Waals surface area contributed by atoms with Gasteiger partial charge >= 0.3 is 42.3 Å². The molecule has 0 fully saturated rings. The number of hydrogen-bond acceptors (Lipinski definition) is 2. The average Bonchev–Trinajstić information content (AvgIpc) is 1.41. The quantitative estimate of drug-likeness (QED) is 0.455. The molecule has 0 rings (SSSR count). The first kappa shape index (κ1) is 15.7. The molecule has 2 nitrogen and oxygen atoms in total. The van der Waals surface area contributed by atoms with Gasteiger partial charge in [0.1, 0.15) is 0 Å². The van der Waals surface area contributed by atoms with E-state index in [1.807, 2.05) is 0 Å².